The van der Waals surface area contributed by atoms with E-state index in [4.69, 9.17) is 4.42 Å². The van der Waals surface area contributed by atoms with Gasteiger partial charge in [-0.05, 0) is 36.2 Å². The fraction of sp³-hybridized carbons (Fsp3) is 0.0625. The van der Waals surface area contributed by atoms with E-state index in [1.54, 1.807) is 0 Å². The molecule has 1 aromatic carbocycles. The first-order valence-corrected chi connectivity index (χ1v) is 8.18. The van der Waals surface area contributed by atoms with Crippen LogP contribution in [-0.4, -0.2) is 9.97 Å². The highest BCUT2D eigenvalue weighted by Gasteiger charge is 2.16. The Kier molecular flexibility index (Phi) is 3.09. The maximum absolute atomic E-state index is 11.9. The third-order valence-electron chi connectivity index (χ3n) is 3.45. The van der Waals surface area contributed by atoms with Gasteiger partial charge < -0.3 is 4.42 Å². The van der Waals surface area contributed by atoms with Gasteiger partial charge in [-0.25, -0.2) is 14.8 Å². The largest absolute Gasteiger partial charge is 0.410 e. The standard InChI is InChI=1S/C16H9BrN2O2S/c1-8-6-11(9-2-4-10(17)5-3-9)12-13-14(22-15(12)19-8)16(20)21-7-18-13/h2-7H,1H3. The zero-order valence-electron chi connectivity index (χ0n) is 11.5. The monoisotopic (exact) mass is 372 g/mol. The molecule has 0 N–H and O–H groups in total. The number of fused-ring (bicyclic) bond motifs is 3. The minimum Gasteiger partial charge on any atom is -0.410 e. The Balaban J connectivity index is 2.17. The molecule has 4 nitrogen and oxygen atoms in total. The van der Waals surface area contributed by atoms with Crippen LogP contribution in [0.1, 0.15) is 5.69 Å². The molecule has 0 spiro atoms. The van der Waals surface area contributed by atoms with Crippen LogP contribution in [0.15, 0.2) is 50.4 Å². The highest BCUT2D eigenvalue weighted by Crippen LogP contribution is 2.37. The molecule has 0 amide bonds. The molecule has 0 saturated heterocycles. The number of hydrogen-bond acceptors (Lipinski definition) is 5. The average Bonchev–Trinajstić information content (AvgIpc) is 2.87. The quantitative estimate of drug-likeness (QED) is 0.492. The summed E-state index contributed by atoms with van der Waals surface area (Å²) in [6, 6.07) is 10.1. The zero-order valence-corrected chi connectivity index (χ0v) is 13.9. The molecule has 4 aromatic rings. The van der Waals surface area contributed by atoms with Crippen LogP contribution in [0.5, 0.6) is 0 Å². The Bertz CT molecular complexity index is 1070. The number of thiophene rings is 1. The molecule has 6 heteroatoms. The van der Waals surface area contributed by atoms with Gasteiger partial charge in [0.1, 0.15) is 15.0 Å². The van der Waals surface area contributed by atoms with Gasteiger partial charge in [-0.3, -0.25) is 0 Å². The molecule has 0 radical (unpaired) electrons. The molecule has 108 valence electrons. The van der Waals surface area contributed by atoms with E-state index in [0.717, 1.165) is 31.5 Å². The van der Waals surface area contributed by atoms with E-state index in [9.17, 15) is 4.79 Å². The number of nitrogens with zero attached hydrogens (tertiary/aromatic N) is 2. The Morgan fingerprint density at radius 1 is 1.23 bits per heavy atom. The molecule has 0 atom stereocenters. The van der Waals surface area contributed by atoms with Gasteiger partial charge in [-0.2, -0.15) is 0 Å². The van der Waals surface area contributed by atoms with Gasteiger partial charge in [0.2, 0.25) is 0 Å². The van der Waals surface area contributed by atoms with Gasteiger partial charge in [0.25, 0.3) is 0 Å². The Hall–Kier alpha value is -2.05. The van der Waals surface area contributed by atoms with Gasteiger partial charge in [0, 0.05) is 15.6 Å². The molecule has 3 heterocycles. The van der Waals surface area contributed by atoms with Crippen molar-refractivity contribution in [1.29, 1.82) is 0 Å². The maximum Gasteiger partial charge on any atom is 0.356 e. The molecular weight excluding hydrogens is 364 g/mol. The number of pyridine rings is 1. The fourth-order valence-corrected chi connectivity index (χ4v) is 3.84. The third-order valence-corrected chi connectivity index (χ3v) is 5.03. The first kappa shape index (κ1) is 13.6. The van der Waals surface area contributed by atoms with Gasteiger partial charge >= 0.3 is 5.63 Å². The van der Waals surface area contributed by atoms with E-state index in [2.05, 4.69) is 25.9 Å². The number of aryl methyl sites for hydroxylation is 1. The number of benzene rings is 1. The van der Waals surface area contributed by atoms with Crippen molar-refractivity contribution in [2.24, 2.45) is 0 Å². The van der Waals surface area contributed by atoms with Crippen LogP contribution in [-0.2, 0) is 0 Å². The predicted molar refractivity (Wildman–Crippen MR) is 91.3 cm³/mol. The number of rotatable bonds is 1. The van der Waals surface area contributed by atoms with E-state index in [-0.39, 0.29) is 5.63 Å². The van der Waals surface area contributed by atoms with Crippen molar-refractivity contribution >= 4 is 47.7 Å². The highest BCUT2D eigenvalue weighted by atomic mass is 79.9. The number of halogens is 1. The first-order valence-electron chi connectivity index (χ1n) is 6.57. The molecular formula is C16H9BrN2O2S. The topological polar surface area (TPSA) is 56.0 Å². The summed E-state index contributed by atoms with van der Waals surface area (Å²) < 4.78 is 6.40. The van der Waals surface area contributed by atoms with Crippen LogP contribution in [0.2, 0.25) is 0 Å². The van der Waals surface area contributed by atoms with Crippen LogP contribution in [0, 0.1) is 6.92 Å². The average molecular weight is 373 g/mol. The van der Waals surface area contributed by atoms with Gasteiger partial charge in [-0.15, -0.1) is 11.3 Å². The summed E-state index contributed by atoms with van der Waals surface area (Å²) in [5.74, 6) is 0. The van der Waals surface area contributed by atoms with Crippen molar-refractivity contribution in [3.05, 3.63) is 57.3 Å². The molecule has 0 fully saturated rings. The summed E-state index contributed by atoms with van der Waals surface area (Å²) in [4.78, 5) is 21.5. The van der Waals surface area contributed by atoms with Crippen molar-refractivity contribution in [3.63, 3.8) is 0 Å². The van der Waals surface area contributed by atoms with Crippen molar-refractivity contribution in [1.82, 2.24) is 9.97 Å². The first-order chi connectivity index (χ1) is 10.6. The predicted octanol–water partition coefficient (Wildman–Crippen LogP) is 4.54. The molecule has 0 unspecified atom stereocenters. The van der Waals surface area contributed by atoms with E-state index in [1.165, 1.54) is 17.7 Å². The highest BCUT2D eigenvalue weighted by molar-refractivity contribution is 9.10. The number of hydrogen-bond donors (Lipinski definition) is 0. The molecule has 0 aliphatic rings. The molecule has 0 aliphatic heterocycles. The molecule has 4 rings (SSSR count). The van der Waals surface area contributed by atoms with Crippen LogP contribution >= 0.6 is 27.3 Å². The van der Waals surface area contributed by atoms with Crippen LogP contribution in [0.4, 0.5) is 0 Å². The van der Waals surface area contributed by atoms with Crippen molar-refractivity contribution in [2.75, 3.05) is 0 Å². The lowest BCUT2D eigenvalue weighted by molar-refractivity contribution is 0.502. The third kappa shape index (κ3) is 2.07. The lowest BCUT2D eigenvalue weighted by Crippen LogP contribution is -1.96. The second-order valence-corrected chi connectivity index (χ2v) is 6.83. The summed E-state index contributed by atoms with van der Waals surface area (Å²) in [5.41, 5.74) is 3.28. The Labute approximate surface area is 137 Å². The summed E-state index contributed by atoms with van der Waals surface area (Å²) >= 11 is 4.77. The lowest BCUT2D eigenvalue weighted by atomic mass is 10.0. The molecule has 0 saturated carbocycles. The van der Waals surface area contributed by atoms with Gasteiger partial charge in [0.05, 0.1) is 0 Å². The van der Waals surface area contributed by atoms with Crippen LogP contribution in [0.3, 0.4) is 0 Å². The van der Waals surface area contributed by atoms with E-state index in [0.29, 0.717) is 10.2 Å². The van der Waals surface area contributed by atoms with Crippen LogP contribution in [0.25, 0.3) is 31.6 Å². The van der Waals surface area contributed by atoms with E-state index >= 15 is 0 Å². The molecule has 3 aromatic heterocycles. The fourth-order valence-electron chi connectivity index (χ4n) is 2.50. The summed E-state index contributed by atoms with van der Waals surface area (Å²) in [6.45, 7) is 1.95. The minimum atomic E-state index is -0.368. The van der Waals surface area contributed by atoms with Crippen molar-refractivity contribution < 1.29 is 4.42 Å². The lowest BCUT2D eigenvalue weighted by Gasteiger charge is -2.05. The summed E-state index contributed by atoms with van der Waals surface area (Å²) in [5, 5.41) is 0.904. The van der Waals surface area contributed by atoms with Crippen molar-refractivity contribution in [2.45, 2.75) is 6.92 Å². The molecule has 0 bridgehead atoms. The van der Waals surface area contributed by atoms with E-state index < -0.39 is 0 Å². The zero-order chi connectivity index (χ0) is 15.3. The molecule has 22 heavy (non-hydrogen) atoms. The Morgan fingerprint density at radius 3 is 2.77 bits per heavy atom. The van der Waals surface area contributed by atoms with Gasteiger partial charge in [0.15, 0.2) is 6.39 Å². The second-order valence-electron chi connectivity index (χ2n) is 4.92. The van der Waals surface area contributed by atoms with Crippen LogP contribution < -0.4 is 5.63 Å². The maximum atomic E-state index is 11.9. The minimum absolute atomic E-state index is 0.368. The summed E-state index contributed by atoms with van der Waals surface area (Å²) in [7, 11) is 0. The molecule has 0 aliphatic carbocycles. The SMILES string of the molecule is Cc1cc(-c2ccc(Br)cc2)c2c(n1)sc1c(=O)ocnc12. The summed E-state index contributed by atoms with van der Waals surface area (Å²) in [6.07, 6.45) is 1.20. The second kappa shape index (κ2) is 5.00. The van der Waals surface area contributed by atoms with Crippen molar-refractivity contribution in [3.8, 4) is 11.1 Å². The van der Waals surface area contributed by atoms with Gasteiger partial charge in [-0.1, -0.05) is 28.1 Å². The Morgan fingerprint density at radius 2 is 2.00 bits per heavy atom. The van der Waals surface area contributed by atoms with E-state index in [1.807, 2.05) is 37.3 Å². The normalized spacial score (nSPS) is 11.4. The smallest absolute Gasteiger partial charge is 0.356 e. The number of aromatic nitrogens is 2.